The van der Waals surface area contributed by atoms with E-state index >= 15 is 0 Å². The standard InChI is InChI=1S/C35H48N4.C7H13N/c1-6-29-19-20-35(37-26(29)4)31-17-15-28(16-18-31)23-38(27(5)30-11-8-7-9-12-30)34-14-10-13-32(21-34)33-22-36-39(24-33)25(2)3;1-6(2)8-4-7(3)5-8/h10,13-14,19-22,24-25,28,30-31H,5-9,11-12,15-18,23H2,1-4H3;7H,1,4-5H2,2-3H3. The maximum Gasteiger partial charge on any atom is 0.0568 e. The van der Waals surface area contributed by atoms with Gasteiger partial charge in [0.05, 0.1) is 6.20 Å². The number of anilines is 1. The van der Waals surface area contributed by atoms with E-state index in [1.165, 1.54) is 116 Å². The van der Waals surface area contributed by atoms with Gasteiger partial charge in [-0.1, -0.05) is 64.5 Å². The number of likely N-dealkylation sites (tertiary alicyclic amines) is 1. The lowest BCUT2D eigenvalue weighted by molar-refractivity contribution is 0.159. The van der Waals surface area contributed by atoms with Crippen molar-refractivity contribution >= 4 is 5.69 Å². The van der Waals surface area contributed by atoms with Crippen LogP contribution in [0.1, 0.15) is 121 Å². The van der Waals surface area contributed by atoms with Crippen molar-refractivity contribution in [1.82, 2.24) is 19.7 Å². The van der Waals surface area contributed by atoms with Crippen LogP contribution in [0.15, 0.2) is 73.3 Å². The van der Waals surface area contributed by atoms with Gasteiger partial charge in [0.2, 0.25) is 0 Å². The fourth-order valence-electron chi connectivity index (χ4n) is 7.79. The van der Waals surface area contributed by atoms with E-state index in [9.17, 15) is 0 Å². The van der Waals surface area contributed by atoms with Crippen molar-refractivity contribution in [1.29, 1.82) is 0 Å². The molecule has 5 heteroatoms. The van der Waals surface area contributed by atoms with Crippen molar-refractivity contribution in [3.63, 3.8) is 0 Å². The second-order valence-corrected chi connectivity index (χ2v) is 15.1. The highest BCUT2D eigenvalue weighted by Gasteiger charge is 2.28. The summed E-state index contributed by atoms with van der Waals surface area (Å²) in [4.78, 5) is 9.90. The van der Waals surface area contributed by atoms with Gasteiger partial charge in [-0.05, 0) is 120 Å². The average Bonchev–Trinajstić information content (AvgIpc) is 3.58. The molecule has 1 aromatic carbocycles. The zero-order chi connectivity index (χ0) is 33.5. The third kappa shape index (κ3) is 8.97. The molecule has 5 nitrogen and oxygen atoms in total. The summed E-state index contributed by atoms with van der Waals surface area (Å²) < 4.78 is 2.05. The highest BCUT2D eigenvalue weighted by atomic mass is 15.3. The van der Waals surface area contributed by atoms with E-state index in [1.807, 2.05) is 10.9 Å². The van der Waals surface area contributed by atoms with Gasteiger partial charge in [-0.3, -0.25) is 9.67 Å². The summed E-state index contributed by atoms with van der Waals surface area (Å²) in [6.07, 6.45) is 16.8. The van der Waals surface area contributed by atoms with Gasteiger partial charge >= 0.3 is 0 Å². The minimum atomic E-state index is 0.364. The predicted octanol–water partition coefficient (Wildman–Crippen LogP) is 10.7. The molecule has 0 amide bonds. The normalized spacial score (nSPS) is 20.4. The number of allylic oxidation sites excluding steroid dienone is 2. The van der Waals surface area contributed by atoms with Crippen LogP contribution in [0.4, 0.5) is 5.69 Å². The molecule has 0 bridgehead atoms. The Kier molecular flexibility index (Phi) is 12.0. The minimum Gasteiger partial charge on any atom is -0.375 e. The molecule has 2 aromatic heterocycles. The topological polar surface area (TPSA) is 37.2 Å². The van der Waals surface area contributed by atoms with Gasteiger partial charge in [-0.15, -0.1) is 0 Å². The zero-order valence-electron chi connectivity index (χ0n) is 30.3. The maximum absolute atomic E-state index is 5.01. The average molecular weight is 636 g/mol. The number of nitrogens with zero attached hydrogens (tertiary/aromatic N) is 5. The highest BCUT2D eigenvalue weighted by Crippen LogP contribution is 2.39. The number of aryl methyl sites for hydroxylation is 2. The Bertz CT molecular complexity index is 1460. The van der Waals surface area contributed by atoms with Crippen molar-refractivity contribution in [3.05, 3.63) is 90.3 Å². The van der Waals surface area contributed by atoms with Crippen LogP contribution < -0.4 is 4.90 Å². The molecule has 3 aromatic rings. The van der Waals surface area contributed by atoms with Crippen LogP contribution in [-0.2, 0) is 6.42 Å². The smallest absolute Gasteiger partial charge is 0.0568 e. The summed E-state index contributed by atoms with van der Waals surface area (Å²) in [5.74, 6) is 2.78. The fourth-order valence-corrected chi connectivity index (χ4v) is 7.79. The fraction of sp³-hybridized carbons (Fsp3) is 0.571. The first kappa shape index (κ1) is 35.0. The molecule has 3 heterocycles. The molecule has 0 N–H and O–H groups in total. The lowest BCUT2D eigenvalue weighted by Gasteiger charge is -2.39. The number of hydrogen-bond acceptors (Lipinski definition) is 4. The van der Waals surface area contributed by atoms with Crippen LogP contribution in [0.2, 0.25) is 0 Å². The molecule has 0 unspecified atom stereocenters. The second-order valence-electron chi connectivity index (χ2n) is 15.1. The second kappa shape index (κ2) is 16.2. The van der Waals surface area contributed by atoms with Gasteiger partial charge in [-0.25, -0.2) is 0 Å². The number of hydrogen-bond donors (Lipinski definition) is 0. The molecule has 2 aliphatic carbocycles. The Morgan fingerprint density at radius 3 is 2.26 bits per heavy atom. The van der Waals surface area contributed by atoms with Crippen molar-refractivity contribution < 1.29 is 0 Å². The van der Waals surface area contributed by atoms with Crippen LogP contribution in [-0.4, -0.2) is 39.3 Å². The summed E-state index contributed by atoms with van der Waals surface area (Å²) in [7, 11) is 0. The van der Waals surface area contributed by atoms with Crippen molar-refractivity contribution in [2.45, 2.75) is 118 Å². The molecule has 0 radical (unpaired) electrons. The largest absolute Gasteiger partial charge is 0.375 e. The predicted molar refractivity (Wildman–Crippen MR) is 200 cm³/mol. The third-order valence-corrected chi connectivity index (χ3v) is 11.0. The number of pyridine rings is 1. The Hall–Kier alpha value is -3.34. The van der Waals surface area contributed by atoms with Crippen molar-refractivity contribution in [2.75, 3.05) is 24.5 Å². The molecule has 2 saturated carbocycles. The van der Waals surface area contributed by atoms with E-state index in [-0.39, 0.29) is 0 Å². The lowest BCUT2D eigenvalue weighted by Crippen LogP contribution is -2.43. The molecular formula is C42H61N5. The molecule has 3 aliphatic rings. The summed E-state index contributed by atoms with van der Waals surface area (Å²) >= 11 is 0. The molecular weight excluding hydrogens is 574 g/mol. The quantitative estimate of drug-likeness (QED) is 0.222. The minimum absolute atomic E-state index is 0.364. The number of aromatic nitrogens is 3. The van der Waals surface area contributed by atoms with Crippen molar-refractivity contribution in [2.24, 2.45) is 17.8 Å². The number of rotatable bonds is 10. The zero-order valence-corrected chi connectivity index (χ0v) is 30.3. The number of benzene rings is 1. The molecule has 0 atom stereocenters. The van der Waals surface area contributed by atoms with E-state index < -0.39 is 0 Å². The Morgan fingerprint density at radius 2 is 1.68 bits per heavy atom. The molecule has 6 rings (SSSR count). The summed E-state index contributed by atoms with van der Waals surface area (Å²) in [5, 5.41) is 4.60. The SMILES string of the molecule is C=C(C)N1CC(C)C1.C=C(C1CCCCC1)N(CC1CCC(c2ccc(CC)c(C)n2)CC1)c1cccc(-c2cnn(C(C)C)c2)c1. The monoisotopic (exact) mass is 635 g/mol. The van der Waals surface area contributed by atoms with Crippen molar-refractivity contribution in [3.8, 4) is 11.1 Å². The van der Waals surface area contributed by atoms with Crippen LogP contribution in [0.5, 0.6) is 0 Å². The molecule has 254 valence electrons. The van der Waals surface area contributed by atoms with Crippen LogP contribution in [0, 0.1) is 24.7 Å². The molecule has 47 heavy (non-hydrogen) atoms. The van der Waals surface area contributed by atoms with Gasteiger partial charge in [0, 0.05) is 71.8 Å². The van der Waals surface area contributed by atoms with E-state index in [0.717, 1.165) is 18.9 Å². The molecule has 1 saturated heterocycles. The van der Waals surface area contributed by atoms with Crippen LogP contribution >= 0.6 is 0 Å². The Morgan fingerprint density at radius 1 is 0.957 bits per heavy atom. The summed E-state index contributed by atoms with van der Waals surface area (Å²) in [5.41, 5.74) is 10.2. The Labute approximate surface area is 286 Å². The third-order valence-electron chi connectivity index (χ3n) is 11.0. The van der Waals surface area contributed by atoms with Gasteiger partial charge < -0.3 is 9.80 Å². The van der Waals surface area contributed by atoms with E-state index in [0.29, 0.717) is 23.8 Å². The highest BCUT2D eigenvalue weighted by molar-refractivity contribution is 5.68. The summed E-state index contributed by atoms with van der Waals surface area (Å²) in [6.45, 7) is 25.1. The maximum atomic E-state index is 5.01. The van der Waals surface area contributed by atoms with E-state index in [2.05, 4.69) is 106 Å². The van der Waals surface area contributed by atoms with Crippen LogP contribution in [0.3, 0.4) is 0 Å². The van der Waals surface area contributed by atoms with Crippen LogP contribution in [0.25, 0.3) is 11.1 Å². The first-order valence-electron chi connectivity index (χ1n) is 18.6. The molecule has 0 spiro atoms. The van der Waals surface area contributed by atoms with Gasteiger partial charge in [0.15, 0.2) is 0 Å². The lowest BCUT2D eigenvalue weighted by atomic mass is 9.79. The first-order chi connectivity index (χ1) is 22.6. The first-order valence-corrected chi connectivity index (χ1v) is 18.6. The Balaban J connectivity index is 0.000000474. The summed E-state index contributed by atoms with van der Waals surface area (Å²) in [6, 6.07) is 14.0. The van der Waals surface area contributed by atoms with Gasteiger partial charge in [-0.2, -0.15) is 5.10 Å². The van der Waals surface area contributed by atoms with E-state index in [4.69, 9.17) is 11.6 Å². The molecule has 3 fully saturated rings. The van der Waals surface area contributed by atoms with Gasteiger partial charge in [0.25, 0.3) is 0 Å². The van der Waals surface area contributed by atoms with E-state index in [1.54, 1.807) is 0 Å². The molecule has 1 aliphatic heterocycles. The van der Waals surface area contributed by atoms with Gasteiger partial charge in [0.1, 0.15) is 0 Å².